The molecular formula is C23H32N6O7S. The Kier molecular flexibility index (Phi) is 11.4. The highest BCUT2D eigenvalue weighted by atomic mass is 32.2. The summed E-state index contributed by atoms with van der Waals surface area (Å²) in [6, 6.07) is 2.34. The van der Waals surface area contributed by atoms with Gasteiger partial charge in [0.25, 0.3) is 0 Å². The van der Waals surface area contributed by atoms with E-state index in [1.807, 2.05) is 30.5 Å². The Morgan fingerprint density at radius 2 is 1.62 bits per heavy atom. The second kappa shape index (κ2) is 14.2. The van der Waals surface area contributed by atoms with Crippen molar-refractivity contribution in [3.05, 3.63) is 36.0 Å². The normalized spacial score (nSPS) is 14.2. The summed E-state index contributed by atoms with van der Waals surface area (Å²) in [6.07, 6.45) is 3.33. The van der Waals surface area contributed by atoms with Crippen LogP contribution >= 0.6 is 11.8 Å². The van der Waals surface area contributed by atoms with Crippen molar-refractivity contribution in [3.63, 3.8) is 0 Å². The number of aliphatic hydroxyl groups excluding tert-OH is 1. The van der Waals surface area contributed by atoms with E-state index in [4.69, 9.17) is 16.6 Å². The van der Waals surface area contributed by atoms with Crippen LogP contribution in [0.3, 0.4) is 0 Å². The molecule has 202 valence electrons. The van der Waals surface area contributed by atoms with Crippen LogP contribution in [0.15, 0.2) is 30.5 Å². The number of carboxylic acid groups (broad SMARTS) is 1. The second-order valence-corrected chi connectivity index (χ2v) is 9.31. The molecule has 2 rings (SSSR count). The number of carbonyl (C=O) groups is 5. The maximum atomic E-state index is 12.9. The lowest BCUT2D eigenvalue weighted by Crippen LogP contribution is -2.58. The number of carboxylic acids is 1. The summed E-state index contributed by atoms with van der Waals surface area (Å²) in [5.74, 6) is -4.35. The lowest BCUT2D eigenvalue weighted by atomic mass is 10.0. The molecular weight excluding hydrogens is 504 g/mol. The maximum Gasteiger partial charge on any atom is 0.326 e. The molecule has 0 spiro atoms. The van der Waals surface area contributed by atoms with E-state index in [-0.39, 0.29) is 12.8 Å². The minimum absolute atomic E-state index is 0.206. The van der Waals surface area contributed by atoms with Crippen molar-refractivity contribution in [1.29, 1.82) is 0 Å². The van der Waals surface area contributed by atoms with Crippen LogP contribution in [0.5, 0.6) is 0 Å². The molecule has 13 nitrogen and oxygen atoms in total. The van der Waals surface area contributed by atoms with Crippen molar-refractivity contribution in [2.75, 3.05) is 18.6 Å². The van der Waals surface area contributed by atoms with E-state index in [1.165, 1.54) is 11.8 Å². The molecule has 10 N–H and O–H groups in total. The number of hydrogen-bond acceptors (Lipinski definition) is 8. The molecule has 4 atom stereocenters. The molecule has 37 heavy (non-hydrogen) atoms. The SMILES string of the molecule is CSCCC(NC(=O)C(N)Cc1c[nH]c2ccccc12)C(=O)NC(CO)C(=O)NC(CC(N)=O)C(=O)O. The zero-order chi connectivity index (χ0) is 27.5. The van der Waals surface area contributed by atoms with E-state index in [9.17, 15) is 29.1 Å². The van der Waals surface area contributed by atoms with Crippen LogP contribution in [0.25, 0.3) is 10.9 Å². The third-order valence-corrected chi connectivity index (χ3v) is 6.17. The van der Waals surface area contributed by atoms with E-state index in [0.717, 1.165) is 16.5 Å². The lowest BCUT2D eigenvalue weighted by Gasteiger charge is -2.24. The summed E-state index contributed by atoms with van der Waals surface area (Å²) in [4.78, 5) is 63.6. The molecule has 14 heteroatoms. The summed E-state index contributed by atoms with van der Waals surface area (Å²) < 4.78 is 0. The van der Waals surface area contributed by atoms with Crippen LogP contribution in [0, 0.1) is 0 Å². The Hall–Kier alpha value is -3.62. The number of para-hydroxylation sites is 1. The molecule has 0 radical (unpaired) electrons. The number of hydrogen-bond donors (Lipinski definition) is 8. The standard InChI is InChI=1S/C23H32N6O7S/c1-37-7-6-16(21(33)29-18(11-30)22(34)28-17(23(35)36)9-19(25)31)27-20(32)14(24)8-12-10-26-15-5-3-2-4-13(12)15/h2-5,10,14,16-18,26,30H,6-9,11,24H2,1H3,(H2,25,31)(H,27,32)(H,28,34)(H,29,33)(H,35,36). The van der Waals surface area contributed by atoms with Gasteiger partial charge in [-0.2, -0.15) is 11.8 Å². The topological polar surface area (TPSA) is 230 Å². The van der Waals surface area contributed by atoms with Crippen LogP contribution in [-0.2, 0) is 30.4 Å². The first-order valence-corrected chi connectivity index (χ1v) is 12.8. The predicted molar refractivity (Wildman–Crippen MR) is 137 cm³/mol. The van der Waals surface area contributed by atoms with Gasteiger partial charge in [0.05, 0.1) is 19.1 Å². The number of benzene rings is 1. The molecule has 0 saturated heterocycles. The van der Waals surface area contributed by atoms with Crippen molar-refractivity contribution in [1.82, 2.24) is 20.9 Å². The van der Waals surface area contributed by atoms with E-state index in [2.05, 4.69) is 20.9 Å². The van der Waals surface area contributed by atoms with Gasteiger partial charge >= 0.3 is 5.97 Å². The van der Waals surface area contributed by atoms with Gasteiger partial charge in [-0.05, 0) is 36.5 Å². The van der Waals surface area contributed by atoms with Gasteiger partial charge in [-0.15, -0.1) is 0 Å². The third kappa shape index (κ3) is 8.77. The number of aromatic amines is 1. The average Bonchev–Trinajstić information content (AvgIpc) is 3.26. The van der Waals surface area contributed by atoms with Gasteiger partial charge in [0, 0.05) is 17.1 Å². The van der Waals surface area contributed by atoms with E-state index in [1.54, 1.807) is 6.20 Å². The molecule has 0 saturated carbocycles. The monoisotopic (exact) mass is 536 g/mol. The molecule has 0 aliphatic rings. The average molecular weight is 537 g/mol. The Morgan fingerprint density at radius 1 is 1.00 bits per heavy atom. The predicted octanol–water partition coefficient (Wildman–Crippen LogP) is -1.80. The molecule has 0 aliphatic carbocycles. The van der Waals surface area contributed by atoms with Gasteiger partial charge in [-0.3, -0.25) is 19.2 Å². The fourth-order valence-electron chi connectivity index (χ4n) is 3.55. The van der Waals surface area contributed by atoms with E-state index < -0.39 is 66.8 Å². The van der Waals surface area contributed by atoms with Gasteiger partial charge in [0.15, 0.2) is 0 Å². The Labute approximate surface area is 217 Å². The van der Waals surface area contributed by atoms with Crippen molar-refractivity contribution in [2.24, 2.45) is 11.5 Å². The summed E-state index contributed by atoms with van der Waals surface area (Å²) in [5, 5.41) is 26.7. The van der Waals surface area contributed by atoms with E-state index in [0.29, 0.717) is 5.75 Å². The van der Waals surface area contributed by atoms with Crippen molar-refractivity contribution in [3.8, 4) is 0 Å². The second-order valence-electron chi connectivity index (χ2n) is 8.33. The quantitative estimate of drug-likeness (QED) is 0.128. The number of carbonyl (C=O) groups excluding carboxylic acids is 4. The first-order valence-electron chi connectivity index (χ1n) is 11.4. The first kappa shape index (κ1) is 29.6. The largest absolute Gasteiger partial charge is 0.480 e. The molecule has 1 aromatic carbocycles. The van der Waals surface area contributed by atoms with Crippen molar-refractivity contribution in [2.45, 2.75) is 43.4 Å². The van der Waals surface area contributed by atoms with Gasteiger partial charge in [0.2, 0.25) is 23.6 Å². The van der Waals surface area contributed by atoms with Gasteiger partial charge < -0.3 is 42.6 Å². The van der Waals surface area contributed by atoms with Gasteiger partial charge in [-0.1, -0.05) is 18.2 Å². The minimum Gasteiger partial charge on any atom is -0.480 e. The Morgan fingerprint density at radius 3 is 2.24 bits per heavy atom. The van der Waals surface area contributed by atoms with E-state index >= 15 is 0 Å². The fourth-order valence-corrected chi connectivity index (χ4v) is 4.02. The highest BCUT2D eigenvalue weighted by molar-refractivity contribution is 7.98. The maximum absolute atomic E-state index is 12.9. The molecule has 1 aromatic heterocycles. The number of aliphatic hydroxyl groups is 1. The highest BCUT2D eigenvalue weighted by Crippen LogP contribution is 2.18. The zero-order valence-corrected chi connectivity index (χ0v) is 21.0. The van der Waals surface area contributed by atoms with Gasteiger partial charge in [-0.25, -0.2) is 4.79 Å². The Balaban J connectivity index is 2.05. The highest BCUT2D eigenvalue weighted by Gasteiger charge is 2.30. The third-order valence-electron chi connectivity index (χ3n) is 5.53. The molecule has 0 bridgehead atoms. The number of aromatic nitrogens is 1. The molecule has 1 heterocycles. The summed E-state index contributed by atoms with van der Waals surface area (Å²) in [7, 11) is 0. The number of rotatable bonds is 15. The summed E-state index contributed by atoms with van der Waals surface area (Å²) >= 11 is 1.43. The molecule has 4 unspecified atom stereocenters. The molecule has 2 aromatic rings. The number of nitrogens with one attached hydrogen (secondary N) is 4. The van der Waals surface area contributed by atoms with Crippen LogP contribution in [0.4, 0.5) is 0 Å². The summed E-state index contributed by atoms with van der Waals surface area (Å²) in [6.45, 7) is -0.857. The van der Waals surface area contributed by atoms with Crippen LogP contribution < -0.4 is 27.4 Å². The molecule has 0 fully saturated rings. The number of amides is 4. The summed E-state index contributed by atoms with van der Waals surface area (Å²) in [5.41, 5.74) is 12.8. The van der Waals surface area contributed by atoms with Crippen LogP contribution in [0.1, 0.15) is 18.4 Å². The minimum atomic E-state index is -1.63. The number of thioether (sulfide) groups is 1. The lowest BCUT2D eigenvalue weighted by molar-refractivity contribution is -0.144. The number of nitrogens with two attached hydrogens (primary N) is 2. The van der Waals surface area contributed by atoms with Crippen molar-refractivity contribution >= 4 is 52.3 Å². The van der Waals surface area contributed by atoms with Crippen LogP contribution in [-0.4, -0.2) is 87.6 Å². The molecule has 4 amide bonds. The Bertz CT molecular complexity index is 1120. The van der Waals surface area contributed by atoms with Crippen LogP contribution in [0.2, 0.25) is 0 Å². The number of H-pyrrole nitrogens is 1. The first-order chi connectivity index (χ1) is 17.6. The zero-order valence-electron chi connectivity index (χ0n) is 20.2. The van der Waals surface area contributed by atoms with Gasteiger partial charge in [0.1, 0.15) is 18.1 Å². The fraction of sp³-hybridized carbons (Fsp3) is 0.435. The number of primary amides is 1. The number of aliphatic carboxylic acids is 1. The number of fused-ring (bicyclic) bond motifs is 1. The van der Waals surface area contributed by atoms with Crippen molar-refractivity contribution < 1.29 is 34.2 Å². The smallest absolute Gasteiger partial charge is 0.326 e. The molecule has 0 aliphatic heterocycles.